The van der Waals surface area contributed by atoms with E-state index >= 15 is 0 Å². The molecule has 0 radical (unpaired) electrons. The fourth-order valence-electron chi connectivity index (χ4n) is 2.22. The van der Waals surface area contributed by atoms with E-state index < -0.39 is 11.6 Å². The van der Waals surface area contributed by atoms with Crippen LogP contribution in [-0.4, -0.2) is 54.1 Å². The Morgan fingerprint density at radius 2 is 2.06 bits per heavy atom. The molecule has 1 unspecified atom stereocenters. The molecule has 3 rings (SSSR count). The van der Waals surface area contributed by atoms with Crippen LogP contribution in [0.15, 0.2) is 0 Å². The lowest BCUT2D eigenvalue weighted by atomic mass is 10.1. The molecule has 1 saturated heterocycles. The first-order valence-corrected chi connectivity index (χ1v) is 6.58. The van der Waals surface area contributed by atoms with Gasteiger partial charge in [-0.2, -0.15) is 0 Å². The van der Waals surface area contributed by atoms with E-state index in [0.717, 1.165) is 25.7 Å². The summed E-state index contributed by atoms with van der Waals surface area (Å²) in [4.78, 5) is 26.0. The molecule has 2 saturated carbocycles. The molecule has 100 valence electrons. The van der Waals surface area contributed by atoms with E-state index in [0.29, 0.717) is 19.2 Å². The zero-order valence-corrected chi connectivity index (χ0v) is 10.4. The summed E-state index contributed by atoms with van der Waals surface area (Å²) in [5, 5.41) is 2.93. The fraction of sp³-hybridized carbons (Fsp3) is 0.833. The van der Waals surface area contributed by atoms with Gasteiger partial charge in [0.2, 0.25) is 11.8 Å². The molecule has 0 spiro atoms. The van der Waals surface area contributed by atoms with Crippen molar-refractivity contribution >= 4 is 11.8 Å². The number of hydrogen-bond acceptors (Lipinski definition) is 4. The third-order valence-electron chi connectivity index (χ3n) is 3.83. The molecule has 3 fully saturated rings. The zero-order valence-electron chi connectivity index (χ0n) is 10.4. The highest BCUT2D eigenvalue weighted by Crippen LogP contribution is 2.35. The normalized spacial score (nSPS) is 29.8. The molecule has 0 aromatic carbocycles. The molecular weight excluding hydrogens is 234 g/mol. The van der Waals surface area contributed by atoms with Crippen LogP contribution in [0.25, 0.3) is 0 Å². The van der Waals surface area contributed by atoms with Crippen molar-refractivity contribution in [2.75, 3.05) is 19.8 Å². The lowest BCUT2D eigenvalue weighted by Crippen LogP contribution is -2.60. The minimum absolute atomic E-state index is 0.0956. The van der Waals surface area contributed by atoms with E-state index in [1.165, 1.54) is 0 Å². The molecule has 18 heavy (non-hydrogen) atoms. The minimum atomic E-state index is -0.713. The first kappa shape index (κ1) is 11.9. The Balaban J connectivity index is 1.68. The standard InChI is InChI=1S/C12H19N3O3/c13-12(3-4-12)11(17)15-5-6-18-7-9(15)10(16)14-8-1-2-8/h8-9H,1-7,13H2,(H,14,16). The molecule has 6 nitrogen and oxygen atoms in total. The molecule has 3 aliphatic rings. The van der Waals surface area contributed by atoms with Gasteiger partial charge in [-0.25, -0.2) is 0 Å². The maximum Gasteiger partial charge on any atom is 0.245 e. The molecule has 1 heterocycles. The first-order valence-electron chi connectivity index (χ1n) is 6.58. The quantitative estimate of drug-likeness (QED) is 0.674. The number of rotatable bonds is 3. The zero-order chi connectivity index (χ0) is 12.8. The summed E-state index contributed by atoms with van der Waals surface area (Å²) in [6, 6.07) is -0.211. The molecule has 0 bridgehead atoms. The molecular formula is C12H19N3O3. The molecule has 0 aromatic rings. The number of morpholine rings is 1. The number of hydrogen-bond donors (Lipinski definition) is 2. The Kier molecular flexibility index (Phi) is 2.79. The third-order valence-corrected chi connectivity index (χ3v) is 3.83. The van der Waals surface area contributed by atoms with Gasteiger partial charge < -0.3 is 20.7 Å². The number of amides is 2. The maximum atomic E-state index is 12.3. The van der Waals surface area contributed by atoms with Crippen molar-refractivity contribution in [3.63, 3.8) is 0 Å². The van der Waals surface area contributed by atoms with Crippen LogP contribution in [0.2, 0.25) is 0 Å². The second kappa shape index (κ2) is 4.20. The lowest BCUT2D eigenvalue weighted by molar-refractivity contribution is -0.150. The average Bonchev–Trinajstić information content (AvgIpc) is 3.27. The van der Waals surface area contributed by atoms with Crippen molar-refractivity contribution in [2.24, 2.45) is 5.73 Å². The highest BCUT2D eigenvalue weighted by Gasteiger charge is 2.50. The Morgan fingerprint density at radius 3 is 2.67 bits per heavy atom. The van der Waals surface area contributed by atoms with Gasteiger partial charge >= 0.3 is 0 Å². The summed E-state index contributed by atoms with van der Waals surface area (Å²) in [6.07, 6.45) is 3.52. The number of nitrogens with one attached hydrogen (secondary N) is 1. The van der Waals surface area contributed by atoms with Gasteiger partial charge in [-0.15, -0.1) is 0 Å². The summed E-state index contributed by atoms with van der Waals surface area (Å²) in [6.45, 7) is 1.22. The van der Waals surface area contributed by atoms with Crippen LogP contribution in [0, 0.1) is 0 Å². The Labute approximate surface area is 106 Å². The van der Waals surface area contributed by atoms with E-state index in [2.05, 4.69) is 5.32 Å². The van der Waals surface area contributed by atoms with Gasteiger partial charge in [-0.05, 0) is 25.7 Å². The van der Waals surface area contributed by atoms with Crippen molar-refractivity contribution in [2.45, 2.75) is 43.3 Å². The van der Waals surface area contributed by atoms with Crippen molar-refractivity contribution in [3.8, 4) is 0 Å². The molecule has 2 aliphatic carbocycles. The Hall–Kier alpha value is -1.14. The molecule has 0 aromatic heterocycles. The van der Waals surface area contributed by atoms with Crippen LogP contribution in [0.1, 0.15) is 25.7 Å². The van der Waals surface area contributed by atoms with E-state index in [9.17, 15) is 9.59 Å². The highest BCUT2D eigenvalue weighted by molar-refractivity contribution is 5.94. The summed E-state index contributed by atoms with van der Waals surface area (Å²) in [7, 11) is 0. The monoisotopic (exact) mass is 253 g/mol. The minimum Gasteiger partial charge on any atom is -0.377 e. The van der Waals surface area contributed by atoms with Crippen molar-refractivity contribution < 1.29 is 14.3 Å². The maximum absolute atomic E-state index is 12.3. The van der Waals surface area contributed by atoms with E-state index in [1.54, 1.807) is 4.90 Å². The van der Waals surface area contributed by atoms with Crippen LogP contribution >= 0.6 is 0 Å². The summed E-state index contributed by atoms with van der Waals surface area (Å²) in [5.74, 6) is -0.198. The predicted molar refractivity (Wildman–Crippen MR) is 63.6 cm³/mol. The Bertz CT molecular complexity index is 377. The molecule has 3 N–H and O–H groups in total. The lowest BCUT2D eigenvalue weighted by Gasteiger charge is -2.36. The number of carbonyl (C=O) groups is 2. The van der Waals surface area contributed by atoms with E-state index in [1.807, 2.05) is 0 Å². The number of nitrogens with zero attached hydrogens (tertiary/aromatic N) is 1. The van der Waals surface area contributed by atoms with Crippen LogP contribution in [0.4, 0.5) is 0 Å². The van der Waals surface area contributed by atoms with Crippen LogP contribution in [-0.2, 0) is 14.3 Å². The van der Waals surface area contributed by atoms with E-state index in [-0.39, 0.29) is 18.4 Å². The van der Waals surface area contributed by atoms with Gasteiger partial charge in [-0.3, -0.25) is 9.59 Å². The van der Waals surface area contributed by atoms with E-state index in [4.69, 9.17) is 10.5 Å². The number of nitrogens with two attached hydrogens (primary N) is 1. The van der Waals surface area contributed by atoms with Crippen LogP contribution in [0.3, 0.4) is 0 Å². The smallest absolute Gasteiger partial charge is 0.245 e. The van der Waals surface area contributed by atoms with Crippen molar-refractivity contribution in [3.05, 3.63) is 0 Å². The predicted octanol–water partition coefficient (Wildman–Crippen LogP) is -1.02. The van der Waals surface area contributed by atoms with Gasteiger partial charge in [0.1, 0.15) is 6.04 Å². The largest absolute Gasteiger partial charge is 0.377 e. The number of ether oxygens (including phenoxy) is 1. The SMILES string of the molecule is NC1(C(=O)N2CCOCC2C(=O)NC2CC2)CC1. The summed E-state index contributed by atoms with van der Waals surface area (Å²) < 4.78 is 5.32. The number of carbonyl (C=O) groups excluding carboxylic acids is 2. The van der Waals surface area contributed by atoms with Gasteiger partial charge in [0.15, 0.2) is 0 Å². The average molecular weight is 253 g/mol. The first-order chi connectivity index (χ1) is 8.60. The van der Waals surface area contributed by atoms with Gasteiger partial charge in [0.25, 0.3) is 0 Å². The second-order valence-electron chi connectivity index (χ2n) is 5.53. The van der Waals surface area contributed by atoms with Gasteiger partial charge in [0, 0.05) is 12.6 Å². The van der Waals surface area contributed by atoms with Crippen molar-refractivity contribution in [1.82, 2.24) is 10.2 Å². The highest BCUT2D eigenvalue weighted by atomic mass is 16.5. The molecule has 6 heteroatoms. The molecule has 1 aliphatic heterocycles. The molecule has 1 atom stereocenters. The Morgan fingerprint density at radius 1 is 1.33 bits per heavy atom. The summed E-state index contributed by atoms with van der Waals surface area (Å²) in [5.41, 5.74) is 5.22. The van der Waals surface area contributed by atoms with Crippen LogP contribution < -0.4 is 11.1 Å². The summed E-state index contributed by atoms with van der Waals surface area (Å²) >= 11 is 0. The topological polar surface area (TPSA) is 84.7 Å². The molecule has 2 amide bonds. The van der Waals surface area contributed by atoms with Crippen LogP contribution in [0.5, 0.6) is 0 Å². The second-order valence-corrected chi connectivity index (χ2v) is 5.53. The third kappa shape index (κ3) is 2.22. The van der Waals surface area contributed by atoms with Gasteiger partial charge in [0.05, 0.1) is 18.8 Å². The van der Waals surface area contributed by atoms with Gasteiger partial charge in [-0.1, -0.05) is 0 Å². The fourth-order valence-corrected chi connectivity index (χ4v) is 2.22. The van der Waals surface area contributed by atoms with Crippen molar-refractivity contribution in [1.29, 1.82) is 0 Å².